The van der Waals surface area contributed by atoms with Crippen LogP contribution in [0.5, 0.6) is 0 Å². The average Bonchev–Trinajstić information content (AvgIpc) is 3.52. The van der Waals surface area contributed by atoms with E-state index < -0.39 is 11.7 Å². The monoisotopic (exact) mass is 528 g/mol. The summed E-state index contributed by atoms with van der Waals surface area (Å²) in [6.45, 7) is 9.70. The molecule has 1 amide bonds. The minimum absolute atomic E-state index is 0.0116. The average molecular weight is 529 g/mol. The van der Waals surface area contributed by atoms with E-state index >= 15 is 0 Å². The highest BCUT2D eigenvalue weighted by molar-refractivity contribution is 6.29. The molecule has 5 heterocycles. The van der Waals surface area contributed by atoms with E-state index in [0.717, 1.165) is 50.3 Å². The Bertz CT molecular complexity index is 1260. The van der Waals surface area contributed by atoms with E-state index in [1.54, 1.807) is 4.90 Å². The zero-order chi connectivity index (χ0) is 25.9. The Hall–Kier alpha value is -3.51. The largest absolute Gasteiger partial charge is 0.354 e. The number of hydrogen-bond donors (Lipinski definition) is 3. The number of rotatable bonds is 7. The number of aryl methyl sites for hydroxylation is 1. The molecule has 2 aliphatic rings. The highest BCUT2D eigenvalue weighted by Crippen LogP contribution is 2.24. The Labute approximate surface area is 219 Å². The molecule has 3 aromatic heterocycles. The molecular formula is C24H30ClFN10O. The predicted octanol–water partition coefficient (Wildman–Crippen LogP) is 2.91. The van der Waals surface area contributed by atoms with Crippen LogP contribution in [0.4, 0.5) is 27.8 Å². The first-order valence-electron chi connectivity index (χ1n) is 12.4. The molecule has 2 aliphatic heterocycles. The predicted molar refractivity (Wildman–Crippen MR) is 140 cm³/mol. The van der Waals surface area contributed by atoms with Gasteiger partial charge in [0.1, 0.15) is 22.6 Å². The number of aromatic amines is 1. The number of piperazine rings is 1. The number of nitrogens with one attached hydrogen (secondary N) is 3. The van der Waals surface area contributed by atoms with Gasteiger partial charge in [-0.05, 0) is 19.9 Å². The summed E-state index contributed by atoms with van der Waals surface area (Å²) in [4.78, 5) is 32.4. The summed E-state index contributed by atoms with van der Waals surface area (Å²) in [5.41, 5.74) is 0.851. The molecule has 0 saturated carbocycles. The highest BCUT2D eigenvalue weighted by Gasteiger charge is 2.29. The standard InChI is InChI=1S/C24H30ClFN10O/c1-3-34-6-8-35(9-7-34)22-12-20(29-21-10-15(2)32-33-21)30-24(31-22)28-16-4-5-36(14-16)23(37)17-13-27-19(25)11-18(17)26/h10-13,16H,3-9,14H2,1-2H3,(H3,28,29,30,31,32,33)/t16-/m0/s1. The van der Waals surface area contributed by atoms with Crippen LogP contribution in [-0.2, 0) is 0 Å². The summed E-state index contributed by atoms with van der Waals surface area (Å²) < 4.78 is 14.3. The van der Waals surface area contributed by atoms with Gasteiger partial charge < -0.3 is 25.3 Å². The van der Waals surface area contributed by atoms with Crippen LogP contribution in [0.2, 0.25) is 5.15 Å². The maximum absolute atomic E-state index is 14.3. The fourth-order valence-corrected chi connectivity index (χ4v) is 4.76. The van der Waals surface area contributed by atoms with Crippen LogP contribution < -0.4 is 15.5 Å². The second-order valence-electron chi connectivity index (χ2n) is 9.29. The smallest absolute Gasteiger partial charge is 0.258 e. The minimum Gasteiger partial charge on any atom is -0.354 e. The van der Waals surface area contributed by atoms with Crippen molar-refractivity contribution >= 4 is 40.9 Å². The summed E-state index contributed by atoms with van der Waals surface area (Å²) in [5, 5.41) is 13.8. The van der Waals surface area contributed by atoms with Gasteiger partial charge in [-0.2, -0.15) is 15.1 Å². The van der Waals surface area contributed by atoms with Crippen molar-refractivity contribution in [3.63, 3.8) is 0 Å². The molecule has 3 N–H and O–H groups in total. The molecule has 0 aromatic carbocycles. The maximum atomic E-state index is 14.3. The molecule has 3 aromatic rings. The van der Waals surface area contributed by atoms with E-state index in [-0.39, 0.29) is 16.8 Å². The van der Waals surface area contributed by atoms with Crippen LogP contribution in [0.15, 0.2) is 24.4 Å². The summed E-state index contributed by atoms with van der Waals surface area (Å²) in [6, 6.07) is 4.80. The van der Waals surface area contributed by atoms with Gasteiger partial charge in [0.2, 0.25) is 5.95 Å². The lowest BCUT2D eigenvalue weighted by atomic mass is 10.2. The molecule has 1 atom stereocenters. The summed E-state index contributed by atoms with van der Waals surface area (Å²) in [7, 11) is 0. The van der Waals surface area contributed by atoms with Crippen molar-refractivity contribution < 1.29 is 9.18 Å². The van der Waals surface area contributed by atoms with Crippen molar-refractivity contribution in [1.29, 1.82) is 0 Å². The Morgan fingerprint density at radius 1 is 1.16 bits per heavy atom. The van der Waals surface area contributed by atoms with Crippen molar-refractivity contribution in [3.05, 3.63) is 46.6 Å². The fraction of sp³-hybridized carbons (Fsp3) is 0.458. The summed E-state index contributed by atoms with van der Waals surface area (Å²) in [5.74, 6) is 1.49. The van der Waals surface area contributed by atoms with E-state index in [0.29, 0.717) is 37.1 Å². The molecule has 0 unspecified atom stereocenters. The third-order valence-corrected chi connectivity index (χ3v) is 6.88. The lowest BCUT2D eigenvalue weighted by molar-refractivity contribution is 0.0786. The van der Waals surface area contributed by atoms with E-state index in [4.69, 9.17) is 16.6 Å². The number of halogens is 2. The third-order valence-electron chi connectivity index (χ3n) is 6.68. The zero-order valence-electron chi connectivity index (χ0n) is 20.8. The van der Waals surface area contributed by atoms with E-state index in [2.05, 4.69) is 47.5 Å². The Morgan fingerprint density at radius 3 is 2.68 bits per heavy atom. The summed E-state index contributed by atoms with van der Waals surface area (Å²) >= 11 is 5.73. The number of hydrogen-bond acceptors (Lipinski definition) is 9. The van der Waals surface area contributed by atoms with Gasteiger partial charge in [0, 0.05) is 75.4 Å². The first kappa shape index (κ1) is 25.2. The third kappa shape index (κ3) is 5.91. The second kappa shape index (κ2) is 10.9. The Balaban J connectivity index is 1.31. The Kier molecular flexibility index (Phi) is 7.38. The molecule has 0 bridgehead atoms. The molecule has 37 heavy (non-hydrogen) atoms. The van der Waals surface area contributed by atoms with Gasteiger partial charge in [-0.15, -0.1) is 0 Å². The fourth-order valence-electron chi connectivity index (χ4n) is 4.61. The lowest BCUT2D eigenvalue weighted by Crippen LogP contribution is -2.46. The number of amides is 1. The quantitative estimate of drug-likeness (QED) is 0.398. The van der Waals surface area contributed by atoms with Crippen molar-refractivity contribution in [1.82, 2.24) is 34.9 Å². The number of likely N-dealkylation sites (tertiary alicyclic amines) is 1. The molecule has 5 rings (SSSR count). The zero-order valence-corrected chi connectivity index (χ0v) is 21.6. The van der Waals surface area contributed by atoms with Crippen LogP contribution in [0.25, 0.3) is 0 Å². The molecule has 196 valence electrons. The van der Waals surface area contributed by atoms with Gasteiger partial charge in [-0.3, -0.25) is 9.89 Å². The van der Waals surface area contributed by atoms with Crippen LogP contribution in [0, 0.1) is 12.7 Å². The number of pyridine rings is 1. The van der Waals surface area contributed by atoms with Gasteiger partial charge in [-0.1, -0.05) is 18.5 Å². The molecule has 0 radical (unpaired) electrons. The van der Waals surface area contributed by atoms with Crippen LogP contribution >= 0.6 is 11.6 Å². The van der Waals surface area contributed by atoms with Crippen LogP contribution in [0.3, 0.4) is 0 Å². The topological polar surface area (TPSA) is 118 Å². The highest BCUT2D eigenvalue weighted by atomic mass is 35.5. The molecule has 0 aliphatic carbocycles. The molecular weight excluding hydrogens is 499 g/mol. The molecule has 11 nitrogen and oxygen atoms in total. The van der Waals surface area contributed by atoms with E-state index in [1.807, 2.05) is 19.1 Å². The summed E-state index contributed by atoms with van der Waals surface area (Å²) in [6.07, 6.45) is 1.86. The Morgan fingerprint density at radius 2 is 1.97 bits per heavy atom. The van der Waals surface area contributed by atoms with Crippen molar-refractivity contribution in [2.75, 3.05) is 61.3 Å². The van der Waals surface area contributed by atoms with E-state index in [1.165, 1.54) is 6.20 Å². The number of carbonyl (C=O) groups excluding carboxylic acids is 1. The van der Waals surface area contributed by atoms with Crippen molar-refractivity contribution in [2.24, 2.45) is 0 Å². The molecule has 0 spiro atoms. The van der Waals surface area contributed by atoms with Gasteiger partial charge in [0.25, 0.3) is 5.91 Å². The number of likely N-dealkylation sites (N-methyl/N-ethyl adjacent to an activating group) is 1. The SMILES string of the molecule is CCN1CCN(c2cc(Nc3cc(C)[nH]n3)nc(N[C@H]3CCN(C(=O)c4cnc(Cl)cc4F)C3)n2)CC1. The normalized spacial score (nSPS) is 18.3. The number of carbonyl (C=O) groups is 1. The maximum Gasteiger partial charge on any atom is 0.258 e. The number of aromatic nitrogens is 5. The second-order valence-corrected chi connectivity index (χ2v) is 9.67. The van der Waals surface area contributed by atoms with Crippen LogP contribution in [-0.4, -0.2) is 92.7 Å². The first-order chi connectivity index (χ1) is 17.9. The number of nitrogens with zero attached hydrogens (tertiary/aromatic N) is 7. The lowest BCUT2D eigenvalue weighted by Gasteiger charge is -2.35. The molecule has 2 saturated heterocycles. The van der Waals surface area contributed by atoms with E-state index in [9.17, 15) is 9.18 Å². The van der Waals surface area contributed by atoms with Gasteiger partial charge in [0.15, 0.2) is 5.82 Å². The molecule has 2 fully saturated rings. The van der Waals surface area contributed by atoms with Crippen LogP contribution in [0.1, 0.15) is 29.4 Å². The van der Waals surface area contributed by atoms with Crippen molar-refractivity contribution in [2.45, 2.75) is 26.3 Å². The van der Waals surface area contributed by atoms with Gasteiger partial charge in [-0.25, -0.2) is 9.37 Å². The first-order valence-corrected chi connectivity index (χ1v) is 12.8. The number of H-pyrrole nitrogens is 1. The van der Waals surface area contributed by atoms with Crippen molar-refractivity contribution in [3.8, 4) is 0 Å². The minimum atomic E-state index is -0.676. The molecule has 13 heteroatoms. The van der Waals surface area contributed by atoms with Gasteiger partial charge in [0.05, 0.1) is 5.56 Å². The number of anilines is 4. The van der Waals surface area contributed by atoms with Gasteiger partial charge >= 0.3 is 0 Å².